The van der Waals surface area contributed by atoms with Crippen molar-refractivity contribution in [1.82, 2.24) is 4.90 Å². The third-order valence-electron chi connectivity index (χ3n) is 5.70. The number of phenolic OH excluding ortho intramolecular Hbond substituents is 1. The average Bonchev–Trinajstić information content (AvgIpc) is 3.11. The molecule has 162 valence electrons. The van der Waals surface area contributed by atoms with Crippen molar-refractivity contribution in [1.29, 1.82) is 0 Å². The molecule has 2 fully saturated rings. The zero-order chi connectivity index (χ0) is 21.2. The van der Waals surface area contributed by atoms with E-state index in [1.54, 1.807) is 4.90 Å². The number of hydrogen-bond donors (Lipinski definition) is 1. The lowest BCUT2D eigenvalue weighted by molar-refractivity contribution is -0.0161. The van der Waals surface area contributed by atoms with Crippen LogP contribution in [-0.4, -0.2) is 47.0 Å². The van der Waals surface area contributed by atoms with Crippen LogP contribution in [0.2, 0.25) is 0 Å². The van der Waals surface area contributed by atoms with E-state index < -0.39 is 23.0 Å². The standard InChI is InChI=1S/C22H31F2NO4/c1-22(2,3)29-21(27)25-10-4-5-16(25)13-28-17-8-6-14(7-9-17)18-11-15(23)12-19(24)20(18)26/h11-12,14,16-17,26H,4-10,13H2,1-3H3. The van der Waals surface area contributed by atoms with Crippen LogP contribution < -0.4 is 0 Å². The van der Waals surface area contributed by atoms with Crippen molar-refractivity contribution in [2.45, 2.75) is 83.0 Å². The Labute approximate surface area is 171 Å². The molecule has 1 aliphatic heterocycles. The van der Waals surface area contributed by atoms with E-state index in [1.165, 1.54) is 6.07 Å². The third-order valence-corrected chi connectivity index (χ3v) is 5.70. The molecule has 1 aromatic rings. The summed E-state index contributed by atoms with van der Waals surface area (Å²) < 4.78 is 38.7. The Bertz CT molecular complexity index is 726. The summed E-state index contributed by atoms with van der Waals surface area (Å²) in [4.78, 5) is 14.1. The van der Waals surface area contributed by atoms with E-state index in [1.807, 2.05) is 20.8 Å². The van der Waals surface area contributed by atoms with E-state index in [4.69, 9.17) is 9.47 Å². The van der Waals surface area contributed by atoms with Crippen LogP contribution in [0.5, 0.6) is 5.75 Å². The first-order valence-electron chi connectivity index (χ1n) is 10.4. The Balaban J connectivity index is 1.49. The first-order chi connectivity index (χ1) is 13.6. The molecule has 1 saturated heterocycles. The van der Waals surface area contributed by atoms with Gasteiger partial charge in [0.05, 0.1) is 18.8 Å². The zero-order valence-corrected chi connectivity index (χ0v) is 17.4. The van der Waals surface area contributed by atoms with Crippen molar-refractivity contribution in [3.05, 3.63) is 29.3 Å². The number of ether oxygens (including phenoxy) is 2. The lowest BCUT2D eigenvalue weighted by Gasteiger charge is -2.32. The van der Waals surface area contributed by atoms with Gasteiger partial charge in [0.2, 0.25) is 0 Å². The summed E-state index contributed by atoms with van der Waals surface area (Å²) in [6.07, 6.45) is 4.48. The summed E-state index contributed by atoms with van der Waals surface area (Å²) in [6, 6.07) is 1.94. The lowest BCUT2D eigenvalue weighted by Crippen LogP contribution is -2.42. The minimum atomic E-state index is -0.915. The second kappa shape index (κ2) is 8.86. The van der Waals surface area contributed by atoms with Crippen LogP contribution in [0.15, 0.2) is 12.1 Å². The largest absolute Gasteiger partial charge is 0.505 e. The van der Waals surface area contributed by atoms with Crippen molar-refractivity contribution in [2.75, 3.05) is 13.2 Å². The van der Waals surface area contributed by atoms with Gasteiger partial charge in [-0.15, -0.1) is 0 Å². The van der Waals surface area contributed by atoms with Gasteiger partial charge in [0.15, 0.2) is 11.6 Å². The maximum Gasteiger partial charge on any atom is 0.410 e. The number of carbonyl (C=O) groups is 1. The van der Waals surface area contributed by atoms with Crippen LogP contribution in [0.1, 0.15) is 70.8 Å². The molecule has 1 saturated carbocycles. The van der Waals surface area contributed by atoms with E-state index in [2.05, 4.69) is 0 Å². The van der Waals surface area contributed by atoms with Crippen LogP contribution >= 0.6 is 0 Å². The number of hydrogen-bond acceptors (Lipinski definition) is 4. The van der Waals surface area contributed by atoms with Crippen molar-refractivity contribution < 1.29 is 28.2 Å². The number of amides is 1. The first-order valence-corrected chi connectivity index (χ1v) is 10.4. The van der Waals surface area contributed by atoms with Gasteiger partial charge in [0.1, 0.15) is 11.4 Å². The van der Waals surface area contributed by atoms with E-state index >= 15 is 0 Å². The van der Waals surface area contributed by atoms with E-state index in [-0.39, 0.29) is 24.2 Å². The van der Waals surface area contributed by atoms with E-state index in [9.17, 15) is 18.7 Å². The van der Waals surface area contributed by atoms with Crippen molar-refractivity contribution in [2.24, 2.45) is 0 Å². The number of carbonyl (C=O) groups excluding carboxylic acids is 1. The van der Waals surface area contributed by atoms with Crippen molar-refractivity contribution in [3.63, 3.8) is 0 Å². The Morgan fingerprint density at radius 1 is 1.17 bits per heavy atom. The van der Waals surface area contributed by atoms with Gasteiger partial charge in [-0.05, 0) is 71.3 Å². The molecule has 1 unspecified atom stereocenters. The van der Waals surface area contributed by atoms with Gasteiger partial charge in [-0.3, -0.25) is 0 Å². The van der Waals surface area contributed by atoms with Crippen LogP contribution in [0.3, 0.4) is 0 Å². The number of likely N-dealkylation sites (tertiary alicyclic amines) is 1. The van der Waals surface area contributed by atoms with Gasteiger partial charge >= 0.3 is 6.09 Å². The Morgan fingerprint density at radius 2 is 1.86 bits per heavy atom. The molecule has 7 heteroatoms. The molecule has 0 aromatic heterocycles. The highest BCUT2D eigenvalue weighted by atomic mass is 19.1. The van der Waals surface area contributed by atoms with Crippen LogP contribution in [0.25, 0.3) is 0 Å². The molecule has 1 aliphatic carbocycles. The summed E-state index contributed by atoms with van der Waals surface area (Å²) >= 11 is 0. The SMILES string of the molecule is CC(C)(C)OC(=O)N1CCCC1COC1CCC(c2cc(F)cc(F)c2O)CC1. The summed E-state index contributed by atoms with van der Waals surface area (Å²) in [5, 5.41) is 9.93. The maximum absolute atomic E-state index is 13.6. The number of halogens is 2. The molecule has 5 nitrogen and oxygen atoms in total. The number of benzene rings is 1. The van der Waals surface area contributed by atoms with Gasteiger partial charge < -0.3 is 19.5 Å². The Kier molecular flexibility index (Phi) is 6.66. The van der Waals surface area contributed by atoms with Crippen LogP contribution in [0.4, 0.5) is 13.6 Å². The molecule has 2 aliphatic rings. The van der Waals surface area contributed by atoms with Crippen molar-refractivity contribution in [3.8, 4) is 5.75 Å². The topological polar surface area (TPSA) is 59.0 Å². The molecule has 1 aromatic carbocycles. The van der Waals surface area contributed by atoms with E-state index in [0.717, 1.165) is 25.7 Å². The molecule has 1 heterocycles. The minimum Gasteiger partial charge on any atom is -0.505 e. The molecule has 1 N–H and O–H groups in total. The quantitative estimate of drug-likeness (QED) is 0.748. The Hall–Kier alpha value is -1.89. The van der Waals surface area contributed by atoms with Crippen LogP contribution in [0, 0.1) is 11.6 Å². The number of aromatic hydroxyl groups is 1. The molecular formula is C22H31F2NO4. The lowest BCUT2D eigenvalue weighted by atomic mass is 9.82. The first kappa shape index (κ1) is 21.8. The predicted octanol–water partition coefficient (Wildman–Crippen LogP) is 5.11. The average molecular weight is 411 g/mol. The molecule has 1 atom stereocenters. The normalized spacial score (nSPS) is 25.3. The fourth-order valence-electron chi connectivity index (χ4n) is 4.25. The highest BCUT2D eigenvalue weighted by Gasteiger charge is 2.33. The number of nitrogens with zero attached hydrogens (tertiary/aromatic N) is 1. The third kappa shape index (κ3) is 5.59. The second-order valence-electron chi connectivity index (χ2n) is 9.10. The van der Waals surface area contributed by atoms with Gasteiger partial charge in [-0.1, -0.05) is 0 Å². The molecule has 0 radical (unpaired) electrons. The molecule has 0 spiro atoms. The monoisotopic (exact) mass is 411 g/mol. The molecule has 0 bridgehead atoms. The Morgan fingerprint density at radius 3 is 2.52 bits per heavy atom. The minimum absolute atomic E-state index is 0.0175. The van der Waals surface area contributed by atoms with Gasteiger partial charge in [0.25, 0.3) is 0 Å². The maximum atomic E-state index is 13.6. The van der Waals surface area contributed by atoms with Gasteiger partial charge in [-0.2, -0.15) is 0 Å². The van der Waals surface area contributed by atoms with Gasteiger partial charge in [0, 0.05) is 18.2 Å². The fourth-order valence-corrected chi connectivity index (χ4v) is 4.25. The fraction of sp³-hybridized carbons (Fsp3) is 0.682. The molecular weight excluding hydrogens is 380 g/mol. The molecule has 1 amide bonds. The predicted molar refractivity (Wildman–Crippen MR) is 105 cm³/mol. The number of phenols is 1. The molecule has 29 heavy (non-hydrogen) atoms. The summed E-state index contributed by atoms with van der Waals surface area (Å²) in [5.41, 5.74) is -0.182. The highest BCUT2D eigenvalue weighted by Crippen LogP contribution is 2.39. The smallest absolute Gasteiger partial charge is 0.410 e. The summed E-state index contributed by atoms with van der Waals surface area (Å²) in [7, 11) is 0. The summed E-state index contributed by atoms with van der Waals surface area (Å²) in [5.74, 6) is -2.11. The summed E-state index contributed by atoms with van der Waals surface area (Å²) in [6.45, 7) is 6.71. The number of rotatable bonds is 4. The van der Waals surface area contributed by atoms with Crippen molar-refractivity contribution >= 4 is 6.09 Å². The highest BCUT2D eigenvalue weighted by molar-refractivity contribution is 5.68. The second-order valence-corrected chi connectivity index (χ2v) is 9.10. The van der Waals surface area contributed by atoms with E-state index in [0.29, 0.717) is 37.6 Å². The zero-order valence-electron chi connectivity index (χ0n) is 17.4. The van der Waals surface area contributed by atoms with Crippen LogP contribution in [-0.2, 0) is 9.47 Å². The van der Waals surface area contributed by atoms with Gasteiger partial charge in [-0.25, -0.2) is 13.6 Å². The molecule has 3 rings (SSSR count).